The zero-order valence-electron chi connectivity index (χ0n) is 23.8. The van der Waals surface area contributed by atoms with Crippen LogP contribution >= 0.6 is 0 Å². The molecule has 8 nitrogen and oxygen atoms in total. The number of aliphatic hydroxyl groups excluding tert-OH is 1. The molecule has 8 heteroatoms. The largest absolute Gasteiger partial charge is 0.396 e. The molecule has 5 atom stereocenters. The van der Waals surface area contributed by atoms with Crippen LogP contribution in [-0.4, -0.2) is 63.7 Å². The summed E-state index contributed by atoms with van der Waals surface area (Å²) in [6, 6.07) is 8.86. The van der Waals surface area contributed by atoms with Crippen molar-refractivity contribution in [2.75, 3.05) is 13.2 Å². The minimum atomic E-state index is -1.04. The molecule has 3 aliphatic rings. The molecule has 3 N–H and O–H groups in total. The van der Waals surface area contributed by atoms with E-state index in [2.05, 4.69) is 31.4 Å². The molecule has 1 spiro atoms. The first-order chi connectivity index (χ1) is 17.7. The van der Waals surface area contributed by atoms with Crippen molar-refractivity contribution < 1.29 is 24.2 Å². The van der Waals surface area contributed by atoms with Crippen molar-refractivity contribution >= 4 is 17.7 Å². The lowest BCUT2D eigenvalue weighted by atomic mass is 9.66. The monoisotopic (exact) mass is 527 g/mol. The molecule has 1 aromatic rings. The maximum Gasteiger partial charge on any atom is 0.246 e. The van der Waals surface area contributed by atoms with E-state index < -0.39 is 34.6 Å². The third-order valence-electron chi connectivity index (χ3n) is 8.36. The van der Waals surface area contributed by atoms with Crippen molar-refractivity contribution in [2.24, 2.45) is 17.3 Å². The number of nitrogens with one attached hydrogen (secondary N) is 2. The first-order valence-corrected chi connectivity index (χ1v) is 14.0. The number of rotatable bonds is 10. The lowest BCUT2D eigenvalue weighted by Crippen LogP contribution is -2.59. The summed E-state index contributed by atoms with van der Waals surface area (Å²) in [6.07, 6.45) is 3.03. The Bertz CT molecular complexity index is 1050. The van der Waals surface area contributed by atoms with E-state index in [9.17, 15) is 19.5 Å². The number of benzene rings is 1. The van der Waals surface area contributed by atoms with Gasteiger partial charge in [-0.05, 0) is 63.9 Å². The van der Waals surface area contributed by atoms with Gasteiger partial charge in [-0.25, -0.2) is 0 Å². The number of unbranched alkanes of at least 4 members (excludes halogenated alkanes) is 1. The fraction of sp³-hybridized carbons (Fsp3) is 0.700. The van der Waals surface area contributed by atoms with Gasteiger partial charge in [-0.3, -0.25) is 14.4 Å². The van der Waals surface area contributed by atoms with E-state index in [1.165, 1.54) is 0 Å². The lowest BCUT2D eigenvalue weighted by molar-refractivity contribution is -0.147. The minimum absolute atomic E-state index is 0.00162. The molecular weight excluding hydrogens is 482 g/mol. The Hall–Kier alpha value is -2.45. The molecule has 0 aliphatic carbocycles. The fourth-order valence-corrected chi connectivity index (χ4v) is 7.43. The van der Waals surface area contributed by atoms with Gasteiger partial charge >= 0.3 is 0 Å². The van der Waals surface area contributed by atoms with E-state index in [4.69, 9.17) is 4.74 Å². The number of carbonyl (C=O) groups is 3. The first-order valence-electron chi connectivity index (χ1n) is 14.0. The third kappa shape index (κ3) is 5.34. The summed E-state index contributed by atoms with van der Waals surface area (Å²) in [5.41, 5.74) is -1.36. The molecule has 0 radical (unpaired) electrons. The van der Waals surface area contributed by atoms with Gasteiger partial charge in [0.15, 0.2) is 0 Å². The third-order valence-corrected chi connectivity index (χ3v) is 8.36. The molecule has 3 saturated heterocycles. The average Bonchev–Trinajstić information content (AvgIpc) is 3.37. The van der Waals surface area contributed by atoms with Gasteiger partial charge in [-0.2, -0.15) is 0 Å². The van der Waals surface area contributed by atoms with Crippen LogP contribution in [0.3, 0.4) is 0 Å². The maximum absolute atomic E-state index is 14.0. The first kappa shape index (κ1) is 28.6. The highest BCUT2D eigenvalue weighted by Gasteiger charge is 2.77. The van der Waals surface area contributed by atoms with Gasteiger partial charge in [0, 0.05) is 25.2 Å². The summed E-state index contributed by atoms with van der Waals surface area (Å²) < 4.78 is 6.68. The van der Waals surface area contributed by atoms with Crippen molar-refractivity contribution in [3.8, 4) is 0 Å². The van der Waals surface area contributed by atoms with Crippen LogP contribution in [0, 0.1) is 17.3 Å². The molecule has 1 aromatic carbocycles. The van der Waals surface area contributed by atoms with Crippen LogP contribution in [0.25, 0.3) is 0 Å². The summed E-state index contributed by atoms with van der Waals surface area (Å²) in [5, 5.41) is 15.6. The van der Waals surface area contributed by atoms with Crippen LogP contribution in [-0.2, 0) is 25.7 Å². The Morgan fingerprint density at radius 2 is 1.76 bits per heavy atom. The molecule has 0 aromatic heterocycles. The number of hydrogen-bond acceptors (Lipinski definition) is 5. The number of likely N-dealkylation sites (tertiary alicyclic amines) is 1. The van der Waals surface area contributed by atoms with Crippen molar-refractivity contribution in [2.45, 2.75) is 103 Å². The van der Waals surface area contributed by atoms with Crippen LogP contribution in [0.1, 0.15) is 79.2 Å². The molecule has 38 heavy (non-hydrogen) atoms. The Morgan fingerprint density at radius 1 is 1.08 bits per heavy atom. The van der Waals surface area contributed by atoms with E-state index in [0.717, 1.165) is 12.0 Å². The molecular formula is C30H45N3O5. The normalized spacial score (nSPS) is 30.4. The Labute approximate surface area is 226 Å². The summed E-state index contributed by atoms with van der Waals surface area (Å²) in [4.78, 5) is 43.3. The van der Waals surface area contributed by atoms with Crippen molar-refractivity contribution in [1.82, 2.24) is 15.5 Å². The standard InChI is InChI=1S/C30H45N3O5/c1-27(2,3)19-28(4,5)32-25(36)23-30-15-14-29(6,38-30)21(22(30)26(37)33(23)16-10-11-17-34)24(35)31-18-20-12-8-7-9-13-20/h7-9,12-13,21-23,34H,10-11,14-19H2,1-6H3,(H,31,35)(H,32,36)/t21-,22-,23?,29+,30?/m0/s1. The Balaban J connectivity index is 1.63. The van der Waals surface area contributed by atoms with Crippen LogP contribution in [0.15, 0.2) is 30.3 Å². The molecule has 3 heterocycles. The SMILES string of the molecule is CC(C)(C)CC(C)(C)NC(=O)C1N(CCCCO)C(=O)[C@@H]2[C@@H](C(=O)NCc3ccccc3)[C@@]3(C)CCC12O3. The Kier molecular flexibility index (Phi) is 7.71. The van der Waals surface area contributed by atoms with Crippen LogP contribution in [0.4, 0.5) is 0 Å². The van der Waals surface area contributed by atoms with E-state index in [-0.39, 0.29) is 29.7 Å². The predicted octanol–water partition coefficient (Wildman–Crippen LogP) is 3.17. The highest BCUT2D eigenvalue weighted by molar-refractivity contribution is 5.99. The van der Waals surface area contributed by atoms with Crippen molar-refractivity contribution in [1.29, 1.82) is 0 Å². The lowest BCUT2D eigenvalue weighted by Gasteiger charge is -2.38. The zero-order chi connectivity index (χ0) is 27.9. The molecule has 4 rings (SSSR count). The summed E-state index contributed by atoms with van der Waals surface area (Å²) in [5.74, 6) is -2.02. The van der Waals surface area contributed by atoms with Gasteiger partial charge in [0.1, 0.15) is 11.6 Å². The average molecular weight is 528 g/mol. The highest BCUT2D eigenvalue weighted by Crippen LogP contribution is 2.63. The van der Waals surface area contributed by atoms with Gasteiger partial charge in [0.25, 0.3) is 0 Å². The highest BCUT2D eigenvalue weighted by atomic mass is 16.5. The second kappa shape index (κ2) is 10.3. The molecule has 210 valence electrons. The van der Waals surface area contributed by atoms with Crippen LogP contribution < -0.4 is 10.6 Å². The smallest absolute Gasteiger partial charge is 0.246 e. The van der Waals surface area contributed by atoms with Crippen LogP contribution in [0.2, 0.25) is 0 Å². The number of carbonyl (C=O) groups excluding carboxylic acids is 3. The number of hydrogen-bond donors (Lipinski definition) is 3. The van der Waals surface area contributed by atoms with Gasteiger partial charge in [-0.1, -0.05) is 51.1 Å². The molecule has 2 bridgehead atoms. The summed E-state index contributed by atoms with van der Waals surface area (Å²) in [6.45, 7) is 13.1. The van der Waals surface area contributed by atoms with Gasteiger partial charge in [-0.15, -0.1) is 0 Å². The van der Waals surface area contributed by atoms with Gasteiger partial charge in [0.2, 0.25) is 17.7 Å². The maximum atomic E-state index is 14.0. The number of aliphatic hydroxyl groups is 1. The van der Waals surface area contributed by atoms with Crippen molar-refractivity contribution in [3.63, 3.8) is 0 Å². The van der Waals surface area contributed by atoms with E-state index >= 15 is 0 Å². The summed E-state index contributed by atoms with van der Waals surface area (Å²) >= 11 is 0. The summed E-state index contributed by atoms with van der Waals surface area (Å²) in [7, 11) is 0. The number of amides is 3. The number of ether oxygens (including phenoxy) is 1. The topological polar surface area (TPSA) is 108 Å². The molecule has 0 saturated carbocycles. The molecule has 3 amide bonds. The molecule has 3 aliphatic heterocycles. The van der Waals surface area contributed by atoms with Gasteiger partial charge in [0.05, 0.1) is 17.4 Å². The number of nitrogens with zero attached hydrogens (tertiary/aromatic N) is 1. The quantitative estimate of drug-likeness (QED) is 0.405. The second-order valence-electron chi connectivity index (χ2n) is 13.5. The Morgan fingerprint density at radius 3 is 2.39 bits per heavy atom. The van der Waals surface area contributed by atoms with E-state index in [0.29, 0.717) is 38.8 Å². The zero-order valence-corrected chi connectivity index (χ0v) is 23.8. The molecule has 2 unspecified atom stereocenters. The second-order valence-corrected chi connectivity index (χ2v) is 13.5. The van der Waals surface area contributed by atoms with Crippen LogP contribution in [0.5, 0.6) is 0 Å². The van der Waals surface area contributed by atoms with E-state index in [1.807, 2.05) is 51.1 Å². The van der Waals surface area contributed by atoms with Crippen molar-refractivity contribution in [3.05, 3.63) is 35.9 Å². The molecule has 3 fully saturated rings. The van der Waals surface area contributed by atoms with E-state index in [1.54, 1.807) is 4.90 Å². The number of fused-ring (bicyclic) bond motifs is 1. The predicted molar refractivity (Wildman–Crippen MR) is 145 cm³/mol. The minimum Gasteiger partial charge on any atom is -0.396 e. The fourth-order valence-electron chi connectivity index (χ4n) is 7.43. The van der Waals surface area contributed by atoms with Gasteiger partial charge < -0.3 is 25.4 Å².